The molecule has 0 fully saturated rings. The Labute approximate surface area is 116 Å². The van der Waals surface area contributed by atoms with E-state index < -0.39 is 5.95 Å². The third-order valence-electron chi connectivity index (χ3n) is 2.87. The topological polar surface area (TPSA) is 42.4 Å². The minimum Gasteiger partial charge on any atom is -0.497 e. The van der Waals surface area contributed by atoms with Crippen LogP contribution in [0.2, 0.25) is 0 Å². The Bertz CT molecular complexity index is 616. The molecule has 0 radical (unpaired) electrons. The van der Waals surface area contributed by atoms with Gasteiger partial charge in [-0.2, -0.15) is 4.39 Å². The van der Waals surface area contributed by atoms with E-state index >= 15 is 0 Å². The highest BCUT2D eigenvalue weighted by Crippen LogP contribution is 2.15. The SMILES string of the molecule is COc1cccc(CN(C)C(=O)c2ccnc(F)c2)c1. The van der Waals surface area contributed by atoms with Crippen molar-refractivity contribution in [2.75, 3.05) is 14.2 Å². The number of aromatic nitrogens is 1. The van der Waals surface area contributed by atoms with Crippen LogP contribution in [0.5, 0.6) is 5.75 Å². The van der Waals surface area contributed by atoms with Crippen molar-refractivity contribution in [1.29, 1.82) is 0 Å². The molecule has 5 heteroatoms. The summed E-state index contributed by atoms with van der Waals surface area (Å²) in [7, 11) is 3.26. The summed E-state index contributed by atoms with van der Waals surface area (Å²) in [5.74, 6) is -0.182. The fourth-order valence-electron chi connectivity index (χ4n) is 1.87. The number of carbonyl (C=O) groups excluding carboxylic acids is 1. The molecule has 0 N–H and O–H groups in total. The smallest absolute Gasteiger partial charge is 0.254 e. The van der Waals surface area contributed by atoms with E-state index in [4.69, 9.17) is 4.74 Å². The lowest BCUT2D eigenvalue weighted by Crippen LogP contribution is -2.26. The van der Waals surface area contributed by atoms with Gasteiger partial charge in [-0.15, -0.1) is 0 Å². The molecule has 0 atom stereocenters. The largest absolute Gasteiger partial charge is 0.497 e. The first-order valence-electron chi connectivity index (χ1n) is 6.10. The van der Waals surface area contributed by atoms with Gasteiger partial charge in [-0.1, -0.05) is 12.1 Å². The van der Waals surface area contributed by atoms with Crippen molar-refractivity contribution in [2.45, 2.75) is 6.54 Å². The van der Waals surface area contributed by atoms with Crippen molar-refractivity contribution in [2.24, 2.45) is 0 Å². The standard InChI is InChI=1S/C15H15FN2O2/c1-18(10-11-4-3-5-13(8-11)20-2)15(19)12-6-7-17-14(16)9-12/h3-9H,10H2,1-2H3. The molecule has 2 rings (SSSR count). The van der Waals surface area contributed by atoms with E-state index in [2.05, 4.69) is 4.98 Å². The second-order valence-electron chi connectivity index (χ2n) is 4.38. The van der Waals surface area contributed by atoms with Crippen molar-refractivity contribution in [3.63, 3.8) is 0 Å². The highest BCUT2D eigenvalue weighted by molar-refractivity contribution is 5.93. The van der Waals surface area contributed by atoms with Crippen LogP contribution in [0.4, 0.5) is 4.39 Å². The summed E-state index contributed by atoms with van der Waals surface area (Å²) in [6.45, 7) is 0.417. The molecule has 1 heterocycles. The number of nitrogens with zero attached hydrogens (tertiary/aromatic N) is 2. The van der Waals surface area contributed by atoms with Crippen LogP contribution in [0.15, 0.2) is 42.6 Å². The molecule has 0 aliphatic rings. The van der Waals surface area contributed by atoms with Gasteiger partial charge < -0.3 is 9.64 Å². The normalized spacial score (nSPS) is 10.2. The summed E-state index contributed by atoms with van der Waals surface area (Å²) in [5.41, 5.74) is 1.22. The Morgan fingerprint density at radius 3 is 2.85 bits per heavy atom. The molecule has 0 spiro atoms. The number of pyridine rings is 1. The first-order chi connectivity index (χ1) is 9.60. The van der Waals surface area contributed by atoms with Crippen LogP contribution in [0.3, 0.4) is 0 Å². The highest BCUT2D eigenvalue weighted by atomic mass is 19.1. The van der Waals surface area contributed by atoms with E-state index in [0.717, 1.165) is 17.4 Å². The molecule has 1 aromatic carbocycles. The predicted molar refractivity (Wildman–Crippen MR) is 73.0 cm³/mol. The molecule has 0 aliphatic carbocycles. The van der Waals surface area contributed by atoms with Gasteiger partial charge in [-0.3, -0.25) is 4.79 Å². The van der Waals surface area contributed by atoms with Crippen LogP contribution >= 0.6 is 0 Å². The summed E-state index contributed by atoms with van der Waals surface area (Å²) in [5, 5.41) is 0. The summed E-state index contributed by atoms with van der Waals surface area (Å²) in [6, 6.07) is 10.1. The Kier molecular flexibility index (Phi) is 4.30. The summed E-state index contributed by atoms with van der Waals surface area (Å²) < 4.78 is 18.2. The van der Waals surface area contributed by atoms with E-state index in [1.807, 2.05) is 24.3 Å². The highest BCUT2D eigenvalue weighted by Gasteiger charge is 2.13. The maximum atomic E-state index is 13.0. The Morgan fingerprint density at radius 2 is 2.15 bits per heavy atom. The fourth-order valence-corrected chi connectivity index (χ4v) is 1.87. The zero-order valence-electron chi connectivity index (χ0n) is 11.3. The molecule has 20 heavy (non-hydrogen) atoms. The quantitative estimate of drug-likeness (QED) is 0.804. The number of amides is 1. The van der Waals surface area contributed by atoms with Gasteiger partial charge in [0.2, 0.25) is 5.95 Å². The number of benzene rings is 1. The van der Waals surface area contributed by atoms with Crippen LogP contribution in [-0.2, 0) is 6.54 Å². The van der Waals surface area contributed by atoms with Gasteiger partial charge in [0.1, 0.15) is 5.75 Å². The first kappa shape index (κ1) is 14.0. The van der Waals surface area contributed by atoms with Gasteiger partial charge >= 0.3 is 0 Å². The van der Waals surface area contributed by atoms with Crippen LogP contribution in [0, 0.1) is 5.95 Å². The van der Waals surface area contributed by atoms with E-state index in [0.29, 0.717) is 6.54 Å². The van der Waals surface area contributed by atoms with Gasteiger partial charge in [-0.05, 0) is 23.8 Å². The van der Waals surface area contributed by atoms with Gasteiger partial charge in [0.05, 0.1) is 7.11 Å². The predicted octanol–water partition coefficient (Wildman–Crippen LogP) is 2.50. The number of carbonyl (C=O) groups is 1. The van der Waals surface area contributed by atoms with E-state index in [-0.39, 0.29) is 11.5 Å². The zero-order chi connectivity index (χ0) is 14.5. The molecule has 0 saturated carbocycles. The zero-order valence-corrected chi connectivity index (χ0v) is 11.3. The number of rotatable bonds is 4. The van der Waals surface area contributed by atoms with Crippen molar-refractivity contribution >= 4 is 5.91 Å². The van der Waals surface area contributed by atoms with Crippen LogP contribution in [0.25, 0.3) is 0 Å². The fraction of sp³-hybridized carbons (Fsp3) is 0.200. The number of halogens is 1. The lowest BCUT2D eigenvalue weighted by atomic mass is 10.2. The average Bonchev–Trinajstić information content (AvgIpc) is 2.46. The molecule has 2 aromatic rings. The van der Waals surface area contributed by atoms with Crippen molar-refractivity contribution < 1.29 is 13.9 Å². The molecule has 0 saturated heterocycles. The molecule has 0 unspecified atom stereocenters. The number of methoxy groups -OCH3 is 1. The Morgan fingerprint density at radius 1 is 1.35 bits per heavy atom. The molecule has 104 valence electrons. The molecule has 4 nitrogen and oxygen atoms in total. The van der Waals surface area contributed by atoms with Crippen LogP contribution < -0.4 is 4.74 Å². The number of ether oxygens (including phenoxy) is 1. The average molecular weight is 274 g/mol. The van der Waals surface area contributed by atoms with E-state index in [1.54, 1.807) is 14.2 Å². The third kappa shape index (κ3) is 3.32. The van der Waals surface area contributed by atoms with Gasteiger partial charge in [0.15, 0.2) is 0 Å². The number of hydrogen-bond acceptors (Lipinski definition) is 3. The van der Waals surface area contributed by atoms with Crippen LogP contribution in [0.1, 0.15) is 15.9 Å². The maximum absolute atomic E-state index is 13.0. The van der Waals surface area contributed by atoms with Gasteiger partial charge in [0, 0.05) is 31.4 Å². The minimum atomic E-state index is -0.661. The van der Waals surface area contributed by atoms with E-state index in [9.17, 15) is 9.18 Å². The maximum Gasteiger partial charge on any atom is 0.254 e. The molecule has 1 aromatic heterocycles. The second kappa shape index (κ2) is 6.14. The Balaban J connectivity index is 2.11. The summed E-state index contributed by atoms with van der Waals surface area (Å²) in [4.78, 5) is 17.1. The molecular formula is C15H15FN2O2. The third-order valence-corrected chi connectivity index (χ3v) is 2.87. The van der Waals surface area contributed by atoms with Crippen molar-refractivity contribution in [1.82, 2.24) is 9.88 Å². The molecule has 0 aliphatic heterocycles. The second-order valence-corrected chi connectivity index (χ2v) is 4.38. The summed E-state index contributed by atoms with van der Waals surface area (Å²) >= 11 is 0. The minimum absolute atomic E-state index is 0.255. The first-order valence-corrected chi connectivity index (χ1v) is 6.10. The molecule has 1 amide bonds. The summed E-state index contributed by atoms with van der Waals surface area (Å²) in [6.07, 6.45) is 1.28. The number of hydrogen-bond donors (Lipinski definition) is 0. The lowest BCUT2D eigenvalue weighted by Gasteiger charge is -2.17. The van der Waals surface area contributed by atoms with Crippen LogP contribution in [-0.4, -0.2) is 29.9 Å². The molecular weight excluding hydrogens is 259 g/mol. The van der Waals surface area contributed by atoms with Gasteiger partial charge in [0.25, 0.3) is 5.91 Å². The van der Waals surface area contributed by atoms with Crippen molar-refractivity contribution in [3.05, 3.63) is 59.7 Å². The lowest BCUT2D eigenvalue weighted by molar-refractivity contribution is 0.0784. The van der Waals surface area contributed by atoms with Gasteiger partial charge in [-0.25, -0.2) is 4.98 Å². The monoisotopic (exact) mass is 274 g/mol. The molecule has 0 bridgehead atoms. The van der Waals surface area contributed by atoms with E-state index in [1.165, 1.54) is 17.2 Å². The Hall–Kier alpha value is -2.43. The van der Waals surface area contributed by atoms with Crippen molar-refractivity contribution in [3.8, 4) is 5.75 Å².